The van der Waals surface area contributed by atoms with Crippen LogP contribution in [0.4, 0.5) is 11.4 Å². The minimum atomic E-state index is -0.633. The molecule has 2 N–H and O–H groups in total. The smallest absolute Gasteiger partial charge is 0.331 e. The summed E-state index contributed by atoms with van der Waals surface area (Å²) in [5.74, 6) is -1.01. The van der Waals surface area contributed by atoms with Crippen molar-refractivity contribution >= 4 is 23.3 Å². The van der Waals surface area contributed by atoms with Crippen molar-refractivity contribution in [2.24, 2.45) is 0 Å². The Morgan fingerprint density at radius 2 is 2.00 bits per heavy atom. The number of fused-ring (bicyclic) bond motifs is 1. The fourth-order valence-electron chi connectivity index (χ4n) is 2.36. The van der Waals surface area contributed by atoms with Crippen LogP contribution in [0, 0.1) is 10.1 Å². The van der Waals surface area contributed by atoms with Gasteiger partial charge in [-0.25, -0.2) is 4.79 Å². The second kappa shape index (κ2) is 7.70. The molecule has 0 saturated carbocycles. The minimum Gasteiger partial charge on any atom is -0.423 e. The highest BCUT2D eigenvalue weighted by Crippen LogP contribution is 2.35. The highest BCUT2D eigenvalue weighted by atomic mass is 16.6. The number of benzene rings is 1. The number of anilines is 1. The number of nitro benzene ring substituents is 1. The molecule has 0 radical (unpaired) electrons. The van der Waals surface area contributed by atoms with Gasteiger partial charge in [-0.05, 0) is 6.07 Å². The van der Waals surface area contributed by atoms with Gasteiger partial charge in [-0.1, -0.05) is 0 Å². The van der Waals surface area contributed by atoms with Crippen LogP contribution in [0.15, 0.2) is 18.2 Å². The normalized spacial score (nSPS) is 13.2. The van der Waals surface area contributed by atoms with Crippen molar-refractivity contribution in [2.75, 3.05) is 44.3 Å². The summed E-state index contributed by atoms with van der Waals surface area (Å²) < 4.78 is 5.00. The van der Waals surface area contributed by atoms with Crippen LogP contribution < -0.4 is 9.64 Å². The van der Waals surface area contributed by atoms with E-state index < -0.39 is 16.8 Å². The molecule has 0 fully saturated rings. The molecule has 1 heterocycles. The fraction of sp³-hybridized carbons (Fsp3) is 0.429. The maximum absolute atomic E-state index is 12.3. The summed E-state index contributed by atoms with van der Waals surface area (Å²) in [6.07, 6.45) is 0. The number of rotatable bonds is 7. The van der Waals surface area contributed by atoms with Gasteiger partial charge in [0, 0.05) is 19.2 Å². The maximum atomic E-state index is 12.3. The number of nitrogens with zero attached hydrogens (tertiary/aromatic N) is 3. The summed E-state index contributed by atoms with van der Waals surface area (Å²) >= 11 is 0. The lowest BCUT2D eigenvalue weighted by Gasteiger charge is -2.31. The standard InChI is InChI=1S/C14H17N3O7/c18-5-3-15(4-6-19)13(20)8-16-9-14(21)24-12-7-10(17(22)23)1-2-11(12)16/h1-2,7,18-19H,3-6,8-9H2. The zero-order chi connectivity index (χ0) is 17.7. The summed E-state index contributed by atoms with van der Waals surface area (Å²) in [7, 11) is 0. The van der Waals surface area contributed by atoms with Crippen LogP contribution in [-0.2, 0) is 9.59 Å². The van der Waals surface area contributed by atoms with Gasteiger partial charge in [-0.2, -0.15) is 0 Å². The first-order chi connectivity index (χ1) is 11.5. The zero-order valence-corrected chi connectivity index (χ0v) is 12.8. The number of non-ortho nitro benzene ring substituents is 1. The summed E-state index contributed by atoms with van der Waals surface area (Å²) in [5, 5.41) is 28.8. The van der Waals surface area contributed by atoms with Crippen molar-refractivity contribution < 1.29 is 29.5 Å². The molecule has 130 valence electrons. The molecule has 1 amide bonds. The van der Waals surface area contributed by atoms with Crippen LogP contribution in [0.3, 0.4) is 0 Å². The van der Waals surface area contributed by atoms with E-state index in [-0.39, 0.29) is 50.8 Å². The van der Waals surface area contributed by atoms with Crippen molar-refractivity contribution in [2.45, 2.75) is 0 Å². The monoisotopic (exact) mass is 339 g/mol. The first-order valence-electron chi connectivity index (χ1n) is 7.19. The van der Waals surface area contributed by atoms with Gasteiger partial charge >= 0.3 is 5.97 Å². The average Bonchev–Trinajstić information content (AvgIpc) is 2.53. The van der Waals surface area contributed by atoms with Crippen molar-refractivity contribution in [1.82, 2.24) is 4.90 Å². The van der Waals surface area contributed by atoms with Gasteiger partial charge in [-0.3, -0.25) is 14.9 Å². The lowest BCUT2D eigenvalue weighted by atomic mass is 10.2. The third kappa shape index (κ3) is 3.97. The van der Waals surface area contributed by atoms with Gasteiger partial charge in [0.15, 0.2) is 5.75 Å². The Kier molecular flexibility index (Phi) is 5.66. The fourth-order valence-corrected chi connectivity index (χ4v) is 2.36. The maximum Gasteiger partial charge on any atom is 0.331 e. The lowest BCUT2D eigenvalue weighted by Crippen LogP contribution is -2.46. The summed E-state index contributed by atoms with van der Waals surface area (Å²) in [6, 6.07) is 3.80. The molecule has 0 aromatic heterocycles. The molecule has 0 spiro atoms. The Hall–Kier alpha value is -2.72. The largest absolute Gasteiger partial charge is 0.423 e. The van der Waals surface area contributed by atoms with E-state index in [4.69, 9.17) is 14.9 Å². The van der Waals surface area contributed by atoms with Crippen LogP contribution in [-0.4, -0.2) is 71.3 Å². The first kappa shape index (κ1) is 17.6. The molecule has 1 aromatic rings. The third-order valence-corrected chi connectivity index (χ3v) is 3.46. The molecule has 0 aliphatic carbocycles. The van der Waals surface area contributed by atoms with Gasteiger partial charge < -0.3 is 24.7 Å². The van der Waals surface area contributed by atoms with E-state index in [2.05, 4.69) is 0 Å². The van der Waals surface area contributed by atoms with E-state index in [1.807, 2.05) is 0 Å². The van der Waals surface area contributed by atoms with Crippen LogP contribution in [0.2, 0.25) is 0 Å². The van der Waals surface area contributed by atoms with E-state index in [9.17, 15) is 19.7 Å². The Bertz CT molecular complexity index is 643. The lowest BCUT2D eigenvalue weighted by molar-refractivity contribution is -0.384. The second-order valence-electron chi connectivity index (χ2n) is 5.07. The van der Waals surface area contributed by atoms with Gasteiger partial charge in [0.05, 0.1) is 36.4 Å². The van der Waals surface area contributed by atoms with Crippen molar-refractivity contribution in [1.29, 1.82) is 0 Å². The number of carbonyl (C=O) groups is 2. The predicted octanol–water partition coefficient (Wildman–Crippen LogP) is -0.867. The number of hydrogen-bond donors (Lipinski definition) is 2. The van der Waals surface area contributed by atoms with E-state index >= 15 is 0 Å². The number of ether oxygens (including phenoxy) is 1. The number of aliphatic hydroxyl groups excluding tert-OH is 2. The molecule has 1 aromatic carbocycles. The molecule has 10 nitrogen and oxygen atoms in total. The molecular weight excluding hydrogens is 322 g/mol. The average molecular weight is 339 g/mol. The molecule has 24 heavy (non-hydrogen) atoms. The second-order valence-corrected chi connectivity index (χ2v) is 5.07. The number of esters is 1. The highest BCUT2D eigenvalue weighted by Gasteiger charge is 2.28. The predicted molar refractivity (Wildman–Crippen MR) is 81.7 cm³/mol. The summed E-state index contributed by atoms with van der Waals surface area (Å²) in [4.78, 5) is 36.9. The van der Waals surface area contributed by atoms with Crippen molar-refractivity contribution in [3.63, 3.8) is 0 Å². The Balaban J connectivity index is 2.21. The van der Waals surface area contributed by atoms with Crippen LogP contribution in [0.5, 0.6) is 5.75 Å². The quantitative estimate of drug-likeness (QED) is 0.283. The van der Waals surface area contributed by atoms with Crippen molar-refractivity contribution in [3.8, 4) is 5.75 Å². The van der Waals surface area contributed by atoms with Gasteiger partial charge in [0.25, 0.3) is 5.69 Å². The van der Waals surface area contributed by atoms with Crippen LogP contribution in [0.25, 0.3) is 0 Å². The van der Waals surface area contributed by atoms with E-state index in [0.29, 0.717) is 5.69 Å². The molecule has 10 heteroatoms. The molecule has 0 saturated heterocycles. The molecule has 1 aliphatic heterocycles. The van der Waals surface area contributed by atoms with Crippen LogP contribution >= 0.6 is 0 Å². The van der Waals surface area contributed by atoms with Crippen LogP contribution in [0.1, 0.15) is 0 Å². The van der Waals surface area contributed by atoms with E-state index in [1.54, 1.807) is 0 Å². The summed E-state index contributed by atoms with van der Waals surface area (Å²) in [6.45, 7) is -0.745. The van der Waals surface area contributed by atoms with E-state index in [0.717, 1.165) is 6.07 Å². The molecule has 0 atom stereocenters. The zero-order valence-electron chi connectivity index (χ0n) is 12.8. The van der Waals surface area contributed by atoms with Gasteiger partial charge in [0.2, 0.25) is 5.91 Å². The molecule has 0 bridgehead atoms. The third-order valence-electron chi connectivity index (χ3n) is 3.46. The Morgan fingerprint density at radius 3 is 2.58 bits per heavy atom. The number of carbonyl (C=O) groups excluding carboxylic acids is 2. The van der Waals surface area contributed by atoms with Crippen molar-refractivity contribution in [3.05, 3.63) is 28.3 Å². The SMILES string of the molecule is O=C1CN(CC(=O)N(CCO)CCO)c2ccc([N+](=O)[O-])cc2O1. The number of aliphatic hydroxyl groups is 2. The Labute approximate surface area is 137 Å². The van der Waals surface area contributed by atoms with E-state index in [1.165, 1.54) is 21.9 Å². The molecule has 1 aliphatic rings. The first-order valence-corrected chi connectivity index (χ1v) is 7.19. The highest BCUT2D eigenvalue weighted by molar-refractivity contribution is 5.89. The number of amides is 1. The number of hydrogen-bond acceptors (Lipinski definition) is 8. The topological polar surface area (TPSA) is 133 Å². The molecule has 2 rings (SSSR count). The van der Waals surface area contributed by atoms with Gasteiger partial charge in [0.1, 0.15) is 6.54 Å². The minimum absolute atomic E-state index is 0.0177. The Morgan fingerprint density at radius 1 is 1.33 bits per heavy atom. The van der Waals surface area contributed by atoms with Gasteiger partial charge in [-0.15, -0.1) is 0 Å². The molecule has 0 unspecified atom stereocenters. The molecular formula is C14H17N3O7. The number of nitro groups is 1. The summed E-state index contributed by atoms with van der Waals surface area (Å²) in [5.41, 5.74) is 0.165.